The van der Waals surface area contributed by atoms with Crippen molar-refractivity contribution >= 4 is 33.7 Å². The fourth-order valence-corrected chi connectivity index (χ4v) is 2.79. The summed E-state index contributed by atoms with van der Waals surface area (Å²) in [6.07, 6.45) is 3.79. The van der Waals surface area contributed by atoms with E-state index in [0.717, 1.165) is 29.2 Å². The maximum Gasteiger partial charge on any atom is 0.236 e. The van der Waals surface area contributed by atoms with E-state index in [4.69, 9.17) is 5.21 Å². The zero-order valence-electron chi connectivity index (χ0n) is 14.2. The second-order valence-corrected chi connectivity index (χ2v) is 5.80. The number of aliphatic imine (C=N–C) groups is 1. The maximum atomic E-state index is 9.15. The van der Waals surface area contributed by atoms with Gasteiger partial charge in [0.25, 0.3) is 0 Å². The average Bonchev–Trinajstić information content (AvgIpc) is 2.66. The Hall–Kier alpha value is -2.92. The number of nitrogens with zero attached hydrogens (tertiary/aromatic N) is 2. The predicted octanol–water partition coefficient (Wildman–Crippen LogP) is 4.05. The molecule has 128 valence electrons. The number of nitrogens with one attached hydrogen (secondary N) is 2. The molecule has 0 aromatic heterocycles. The fraction of sp³-hybridized carbons (Fsp3) is 0.200. The first kappa shape index (κ1) is 16.9. The van der Waals surface area contributed by atoms with Crippen LogP contribution in [-0.2, 0) is 0 Å². The zero-order valence-corrected chi connectivity index (χ0v) is 14.2. The quantitative estimate of drug-likeness (QED) is 0.217. The van der Waals surface area contributed by atoms with E-state index < -0.39 is 0 Å². The molecule has 0 unspecified atom stereocenters. The van der Waals surface area contributed by atoms with E-state index in [1.807, 2.05) is 29.7 Å². The van der Waals surface area contributed by atoms with E-state index in [2.05, 4.69) is 52.8 Å². The van der Waals surface area contributed by atoms with Crippen LogP contribution < -0.4 is 10.9 Å². The summed E-state index contributed by atoms with van der Waals surface area (Å²) in [6.45, 7) is 2.73. The number of hydrazone groups is 1. The van der Waals surface area contributed by atoms with Gasteiger partial charge in [-0.05, 0) is 34.0 Å². The van der Waals surface area contributed by atoms with Crippen molar-refractivity contribution in [2.45, 2.75) is 19.8 Å². The molecule has 0 amide bonds. The number of guanidine groups is 1. The van der Waals surface area contributed by atoms with E-state index in [1.165, 1.54) is 10.8 Å². The van der Waals surface area contributed by atoms with Gasteiger partial charge in [-0.15, -0.1) is 0 Å². The number of unbranched alkanes of at least 4 members (excludes halogenated alkanes) is 1. The summed E-state index contributed by atoms with van der Waals surface area (Å²) in [5, 5.41) is 18.0. The van der Waals surface area contributed by atoms with E-state index in [1.54, 1.807) is 6.21 Å². The monoisotopic (exact) mass is 334 g/mol. The van der Waals surface area contributed by atoms with Gasteiger partial charge < -0.3 is 0 Å². The number of hydrogen-bond donors (Lipinski definition) is 3. The molecule has 3 N–H and O–H groups in total. The Morgan fingerprint density at radius 1 is 1.04 bits per heavy atom. The summed E-state index contributed by atoms with van der Waals surface area (Å²) in [7, 11) is 0. The molecule has 0 aliphatic carbocycles. The highest BCUT2D eigenvalue weighted by Crippen LogP contribution is 2.27. The van der Waals surface area contributed by atoms with Gasteiger partial charge in [0.2, 0.25) is 5.96 Å². The van der Waals surface area contributed by atoms with Crippen LogP contribution in [0.15, 0.2) is 64.7 Å². The van der Waals surface area contributed by atoms with Crippen molar-refractivity contribution in [1.82, 2.24) is 10.9 Å². The van der Waals surface area contributed by atoms with Crippen molar-refractivity contribution < 1.29 is 5.21 Å². The molecular weight excluding hydrogens is 312 g/mol. The summed E-state index contributed by atoms with van der Waals surface area (Å²) < 4.78 is 0. The third kappa shape index (κ3) is 3.95. The lowest BCUT2D eigenvalue weighted by Crippen LogP contribution is -2.32. The smallest absolute Gasteiger partial charge is 0.236 e. The molecule has 0 fully saturated rings. The molecule has 0 spiro atoms. The van der Waals surface area contributed by atoms with Crippen LogP contribution >= 0.6 is 0 Å². The van der Waals surface area contributed by atoms with Gasteiger partial charge in [0.05, 0.1) is 6.21 Å². The summed E-state index contributed by atoms with van der Waals surface area (Å²) in [4.78, 5) is 4.22. The van der Waals surface area contributed by atoms with E-state index in [9.17, 15) is 0 Å². The molecule has 3 aromatic rings. The molecule has 0 saturated carbocycles. The fourth-order valence-electron chi connectivity index (χ4n) is 2.79. The van der Waals surface area contributed by atoms with Crippen LogP contribution in [0.1, 0.15) is 25.3 Å². The molecular formula is C20H22N4O. The summed E-state index contributed by atoms with van der Waals surface area (Å²) in [5.74, 6) is 0.245. The molecule has 25 heavy (non-hydrogen) atoms. The Kier molecular flexibility index (Phi) is 5.59. The largest absolute Gasteiger partial charge is 0.288 e. The molecule has 5 nitrogen and oxygen atoms in total. The van der Waals surface area contributed by atoms with Gasteiger partial charge in [-0.2, -0.15) is 5.10 Å². The van der Waals surface area contributed by atoms with Crippen molar-refractivity contribution in [3.63, 3.8) is 0 Å². The second kappa shape index (κ2) is 8.26. The standard InChI is InChI=1S/C20H22N4O/c1-2-3-12-21-20(24-25)23-22-14-19-17-10-6-4-8-15(17)13-16-9-5-7-11-18(16)19/h4-11,13-14,25H,2-3,12H2,1H3,(H2,21,23,24)/b22-14+. The topological polar surface area (TPSA) is 69.0 Å². The van der Waals surface area contributed by atoms with Crippen LogP contribution in [0.25, 0.3) is 21.5 Å². The summed E-state index contributed by atoms with van der Waals surface area (Å²) in [5.41, 5.74) is 5.85. The molecule has 0 aliphatic heterocycles. The minimum atomic E-state index is 0.245. The van der Waals surface area contributed by atoms with Crippen LogP contribution in [-0.4, -0.2) is 23.9 Å². The maximum absolute atomic E-state index is 9.15. The van der Waals surface area contributed by atoms with Crippen molar-refractivity contribution in [2.75, 3.05) is 6.54 Å². The van der Waals surface area contributed by atoms with Gasteiger partial charge in [0, 0.05) is 12.1 Å². The highest BCUT2D eigenvalue weighted by atomic mass is 16.5. The Morgan fingerprint density at radius 3 is 2.28 bits per heavy atom. The highest BCUT2D eigenvalue weighted by Gasteiger charge is 2.05. The molecule has 5 heteroatoms. The van der Waals surface area contributed by atoms with Gasteiger partial charge in [-0.25, -0.2) is 10.9 Å². The third-order valence-corrected chi connectivity index (χ3v) is 4.06. The van der Waals surface area contributed by atoms with E-state index in [0.29, 0.717) is 6.54 Å². The van der Waals surface area contributed by atoms with Crippen molar-refractivity contribution in [3.8, 4) is 0 Å². The number of hydrogen-bond acceptors (Lipinski definition) is 3. The lowest BCUT2D eigenvalue weighted by molar-refractivity contribution is 0.229. The van der Waals surface area contributed by atoms with Gasteiger partial charge in [0.1, 0.15) is 0 Å². The van der Waals surface area contributed by atoms with Crippen LogP contribution in [0.5, 0.6) is 0 Å². The molecule has 3 aromatic carbocycles. The van der Waals surface area contributed by atoms with Gasteiger partial charge in [-0.1, -0.05) is 61.9 Å². The van der Waals surface area contributed by atoms with Crippen molar-refractivity contribution in [3.05, 3.63) is 60.2 Å². The van der Waals surface area contributed by atoms with Crippen LogP contribution in [0.3, 0.4) is 0 Å². The Balaban J connectivity index is 1.95. The van der Waals surface area contributed by atoms with E-state index in [-0.39, 0.29) is 5.96 Å². The van der Waals surface area contributed by atoms with E-state index >= 15 is 0 Å². The normalized spacial score (nSPS) is 12.2. The first-order valence-electron chi connectivity index (χ1n) is 8.47. The highest BCUT2D eigenvalue weighted by molar-refractivity contribution is 6.13. The number of benzene rings is 3. The first-order valence-corrected chi connectivity index (χ1v) is 8.47. The molecule has 0 radical (unpaired) electrons. The number of hydroxylamine groups is 1. The van der Waals surface area contributed by atoms with Gasteiger partial charge >= 0.3 is 0 Å². The number of fused-ring (bicyclic) bond motifs is 2. The SMILES string of the molecule is CCCCN=C(NO)N/N=C/c1c2ccccc2cc2ccccc12. The average molecular weight is 334 g/mol. The molecule has 0 saturated heterocycles. The molecule has 0 atom stereocenters. The molecule has 0 bridgehead atoms. The van der Waals surface area contributed by atoms with Crippen molar-refractivity contribution in [2.24, 2.45) is 10.1 Å². The van der Waals surface area contributed by atoms with Gasteiger partial charge in [-0.3, -0.25) is 10.2 Å². The number of rotatable bonds is 5. The Bertz CT molecular complexity index is 864. The zero-order chi connectivity index (χ0) is 17.5. The van der Waals surface area contributed by atoms with Crippen molar-refractivity contribution in [1.29, 1.82) is 0 Å². The van der Waals surface area contributed by atoms with Crippen LogP contribution in [0.2, 0.25) is 0 Å². The van der Waals surface area contributed by atoms with Crippen LogP contribution in [0, 0.1) is 0 Å². The predicted molar refractivity (Wildman–Crippen MR) is 104 cm³/mol. The minimum Gasteiger partial charge on any atom is -0.288 e. The lowest BCUT2D eigenvalue weighted by atomic mass is 9.97. The van der Waals surface area contributed by atoms with Crippen LogP contribution in [0.4, 0.5) is 0 Å². The van der Waals surface area contributed by atoms with Gasteiger partial charge in [0.15, 0.2) is 0 Å². The first-order chi connectivity index (χ1) is 12.3. The summed E-state index contributed by atoms with van der Waals surface area (Å²) in [6, 6.07) is 18.7. The minimum absolute atomic E-state index is 0.245. The second-order valence-electron chi connectivity index (χ2n) is 5.80. The lowest BCUT2D eigenvalue weighted by Gasteiger charge is -2.08. The molecule has 3 rings (SSSR count). The Morgan fingerprint density at radius 2 is 1.68 bits per heavy atom. The molecule has 0 aliphatic rings. The third-order valence-electron chi connectivity index (χ3n) is 4.06. The Labute approximate surface area is 147 Å². The molecule has 0 heterocycles. The summed E-state index contributed by atoms with van der Waals surface area (Å²) >= 11 is 0.